The van der Waals surface area contributed by atoms with E-state index in [0.717, 1.165) is 55.6 Å². The second-order valence-electron chi connectivity index (χ2n) is 6.29. The molecule has 0 spiro atoms. The summed E-state index contributed by atoms with van der Waals surface area (Å²) in [7, 11) is 0. The van der Waals surface area contributed by atoms with Crippen LogP contribution in [0.2, 0.25) is 0 Å². The lowest BCUT2D eigenvalue weighted by atomic mass is 10.2. The molecule has 0 atom stereocenters. The molecule has 1 saturated heterocycles. The largest absolute Gasteiger partial charge is 0.398 e. The van der Waals surface area contributed by atoms with Crippen LogP contribution in [0.4, 0.5) is 11.5 Å². The molecule has 124 valence electrons. The summed E-state index contributed by atoms with van der Waals surface area (Å²) in [6, 6.07) is 9.95. The number of pyridine rings is 2. The Balaban J connectivity index is 1.48. The van der Waals surface area contributed by atoms with Crippen LogP contribution >= 0.6 is 0 Å². The number of nitrogens with two attached hydrogens (primary N) is 1. The number of rotatable bonds is 3. The van der Waals surface area contributed by atoms with Crippen LogP contribution in [0.25, 0.3) is 5.65 Å². The van der Waals surface area contributed by atoms with Crippen molar-refractivity contribution in [3.63, 3.8) is 0 Å². The van der Waals surface area contributed by atoms with Crippen molar-refractivity contribution in [2.24, 2.45) is 0 Å². The van der Waals surface area contributed by atoms with E-state index >= 15 is 0 Å². The van der Waals surface area contributed by atoms with E-state index in [-0.39, 0.29) is 0 Å². The predicted octanol–water partition coefficient (Wildman–Crippen LogP) is 1.94. The van der Waals surface area contributed by atoms with E-state index in [4.69, 9.17) is 5.73 Å². The van der Waals surface area contributed by atoms with Gasteiger partial charge in [0.1, 0.15) is 11.5 Å². The van der Waals surface area contributed by atoms with Gasteiger partial charge in [-0.2, -0.15) is 0 Å². The van der Waals surface area contributed by atoms with Crippen molar-refractivity contribution in [1.29, 1.82) is 0 Å². The number of aromatic nitrogens is 3. The fourth-order valence-electron chi connectivity index (χ4n) is 3.31. The molecule has 4 heterocycles. The lowest BCUT2D eigenvalue weighted by Gasteiger charge is -2.35. The number of hydrogen-bond donors (Lipinski definition) is 1. The van der Waals surface area contributed by atoms with Crippen molar-refractivity contribution in [2.75, 3.05) is 36.8 Å². The van der Waals surface area contributed by atoms with E-state index < -0.39 is 0 Å². The fraction of sp³-hybridized carbons (Fsp3) is 0.333. The smallest absolute Gasteiger partial charge is 0.137 e. The first-order chi connectivity index (χ1) is 11.7. The van der Waals surface area contributed by atoms with Crippen molar-refractivity contribution in [2.45, 2.75) is 13.5 Å². The Morgan fingerprint density at radius 2 is 1.92 bits per heavy atom. The molecule has 1 aliphatic rings. The van der Waals surface area contributed by atoms with Crippen LogP contribution < -0.4 is 10.6 Å². The number of aryl methyl sites for hydroxylation is 1. The Bertz CT molecular complexity index is 833. The van der Waals surface area contributed by atoms with Gasteiger partial charge in [-0.25, -0.2) is 9.97 Å². The number of imidazole rings is 1. The van der Waals surface area contributed by atoms with Crippen molar-refractivity contribution >= 4 is 17.2 Å². The summed E-state index contributed by atoms with van der Waals surface area (Å²) in [5.41, 5.74) is 9.97. The maximum Gasteiger partial charge on any atom is 0.137 e. The zero-order valence-electron chi connectivity index (χ0n) is 13.9. The summed E-state index contributed by atoms with van der Waals surface area (Å²) in [6.45, 7) is 7.00. The number of anilines is 2. The van der Waals surface area contributed by atoms with Gasteiger partial charge >= 0.3 is 0 Å². The molecular formula is C18H22N6. The molecule has 0 aromatic carbocycles. The van der Waals surface area contributed by atoms with Gasteiger partial charge in [0.05, 0.1) is 11.4 Å². The highest BCUT2D eigenvalue weighted by molar-refractivity contribution is 5.50. The molecule has 0 aliphatic carbocycles. The normalized spacial score (nSPS) is 16.0. The first-order valence-corrected chi connectivity index (χ1v) is 8.32. The summed E-state index contributed by atoms with van der Waals surface area (Å²) >= 11 is 0. The van der Waals surface area contributed by atoms with Crippen molar-refractivity contribution in [3.8, 4) is 0 Å². The Morgan fingerprint density at radius 1 is 1.08 bits per heavy atom. The fourth-order valence-corrected chi connectivity index (χ4v) is 3.31. The molecule has 6 heteroatoms. The third-order valence-electron chi connectivity index (χ3n) is 4.66. The summed E-state index contributed by atoms with van der Waals surface area (Å²) in [4.78, 5) is 13.9. The zero-order chi connectivity index (χ0) is 16.5. The van der Waals surface area contributed by atoms with E-state index in [0.29, 0.717) is 0 Å². The van der Waals surface area contributed by atoms with Crippen molar-refractivity contribution < 1.29 is 0 Å². The molecule has 0 bridgehead atoms. The van der Waals surface area contributed by atoms with Gasteiger partial charge in [0, 0.05) is 50.8 Å². The van der Waals surface area contributed by atoms with Crippen LogP contribution in [-0.4, -0.2) is 45.4 Å². The second-order valence-corrected chi connectivity index (χ2v) is 6.29. The summed E-state index contributed by atoms with van der Waals surface area (Å²) < 4.78 is 2.12. The minimum absolute atomic E-state index is 0.765. The number of piperazine rings is 1. The van der Waals surface area contributed by atoms with Crippen LogP contribution in [0.1, 0.15) is 11.4 Å². The van der Waals surface area contributed by atoms with E-state index in [1.165, 1.54) is 5.69 Å². The highest BCUT2D eigenvalue weighted by Gasteiger charge is 2.20. The number of nitrogens with zero attached hydrogens (tertiary/aromatic N) is 5. The van der Waals surface area contributed by atoms with Gasteiger partial charge in [-0.3, -0.25) is 4.90 Å². The molecule has 3 aromatic heterocycles. The average Bonchev–Trinajstić information content (AvgIpc) is 2.92. The summed E-state index contributed by atoms with van der Waals surface area (Å²) in [5.74, 6) is 1.07. The van der Waals surface area contributed by atoms with Crippen LogP contribution in [0, 0.1) is 6.92 Å². The van der Waals surface area contributed by atoms with Gasteiger partial charge < -0.3 is 15.0 Å². The standard InChI is InChI=1S/C18H22N6/c1-14-16(24-12-15(19)5-6-18(24)21-14)13-22-8-10-23(11-9-22)17-4-2-3-7-20-17/h2-7,12H,8-11,13,19H2,1H3. The Kier molecular flexibility index (Phi) is 3.82. The van der Waals surface area contributed by atoms with Crippen molar-refractivity contribution in [3.05, 3.63) is 54.1 Å². The van der Waals surface area contributed by atoms with E-state index in [2.05, 4.69) is 37.2 Å². The maximum atomic E-state index is 5.94. The highest BCUT2D eigenvalue weighted by atomic mass is 15.3. The minimum atomic E-state index is 0.765. The molecule has 0 saturated carbocycles. The first kappa shape index (κ1) is 15.0. The Labute approximate surface area is 141 Å². The minimum Gasteiger partial charge on any atom is -0.398 e. The second kappa shape index (κ2) is 6.13. The summed E-state index contributed by atoms with van der Waals surface area (Å²) in [5, 5.41) is 0. The molecule has 0 unspecified atom stereocenters. The number of nitrogen functional groups attached to an aromatic ring is 1. The molecule has 24 heavy (non-hydrogen) atoms. The average molecular weight is 322 g/mol. The molecule has 3 aromatic rings. The Morgan fingerprint density at radius 3 is 2.67 bits per heavy atom. The molecule has 1 aliphatic heterocycles. The lowest BCUT2D eigenvalue weighted by molar-refractivity contribution is 0.245. The quantitative estimate of drug-likeness (QED) is 0.798. The first-order valence-electron chi connectivity index (χ1n) is 8.32. The maximum absolute atomic E-state index is 5.94. The van der Waals surface area contributed by atoms with E-state index in [1.54, 1.807) is 0 Å². The van der Waals surface area contributed by atoms with Gasteiger partial charge in [-0.05, 0) is 31.2 Å². The molecule has 2 N–H and O–H groups in total. The molecule has 0 amide bonds. The van der Waals surface area contributed by atoms with Crippen LogP contribution in [0.15, 0.2) is 42.7 Å². The SMILES string of the molecule is Cc1nc2ccc(N)cn2c1CN1CCN(c2ccccn2)CC1. The molecule has 6 nitrogen and oxygen atoms in total. The molecule has 4 rings (SSSR count). The van der Waals surface area contributed by atoms with Gasteiger partial charge in [-0.15, -0.1) is 0 Å². The third kappa shape index (κ3) is 2.80. The topological polar surface area (TPSA) is 62.7 Å². The number of hydrogen-bond acceptors (Lipinski definition) is 5. The monoisotopic (exact) mass is 322 g/mol. The predicted molar refractivity (Wildman–Crippen MR) is 96.1 cm³/mol. The Hall–Kier alpha value is -2.60. The third-order valence-corrected chi connectivity index (χ3v) is 4.66. The van der Waals surface area contributed by atoms with Gasteiger partial charge in [0.25, 0.3) is 0 Å². The van der Waals surface area contributed by atoms with Crippen molar-refractivity contribution in [1.82, 2.24) is 19.3 Å². The summed E-state index contributed by atoms with van der Waals surface area (Å²) in [6.07, 6.45) is 3.82. The zero-order valence-corrected chi connectivity index (χ0v) is 13.9. The van der Waals surface area contributed by atoms with Gasteiger partial charge in [0.15, 0.2) is 0 Å². The van der Waals surface area contributed by atoms with Gasteiger partial charge in [0.2, 0.25) is 0 Å². The lowest BCUT2D eigenvalue weighted by Crippen LogP contribution is -2.46. The van der Waals surface area contributed by atoms with Crippen LogP contribution in [-0.2, 0) is 6.54 Å². The molecule has 0 radical (unpaired) electrons. The molecular weight excluding hydrogens is 300 g/mol. The van der Waals surface area contributed by atoms with Crippen LogP contribution in [0.5, 0.6) is 0 Å². The molecule has 1 fully saturated rings. The van der Waals surface area contributed by atoms with Crippen LogP contribution in [0.3, 0.4) is 0 Å². The number of fused-ring (bicyclic) bond motifs is 1. The highest BCUT2D eigenvalue weighted by Crippen LogP contribution is 2.18. The van der Waals surface area contributed by atoms with E-state index in [9.17, 15) is 0 Å². The van der Waals surface area contributed by atoms with Gasteiger partial charge in [-0.1, -0.05) is 6.07 Å². The van der Waals surface area contributed by atoms with E-state index in [1.807, 2.05) is 36.7 Å².